The number of ether oxygens (including phenoxy) is 1. The standard InChI is InChI=1S/C30H31N3O4/c1-20-3-7-23(8-4-20)29-32-26-12-9-24(18-27(26)37-29)30(35)33-15-13-21(14-16-33)17-28(34)31-19-22-5-10-25(36-2)11-6-22/h3-12,18,21H,13-17,19H2,1-2H3,(H,31,34). The van der Waals surface area contributed by atoms with Crippen LogP contribution < -0.4 is 10.1 Å². The van der Waals surface area contributed by atoms with Crippen molar-refractivity contribution in [2.75, 3.05) is 20.2 Å². The fourth-order valence-corrected chi connectivity index (χ4v) is 4.68. The van der Waals surface area contributed by atoms with Crippen molar-refractivity contribution < 1.29 is 18.7 Å². The van der Waals surface area contributed by atoms with Crippen molar-refractivity contribution in [2.24, 2.45) is 5.92 Å². The molecule has 1 N–H and O–H groups in total. The molecule has 1 saturated heterocycles. The molecule has 0 unspecified atom stereocenters. The first-order valence-electron chi connectivity index (χ1n) is 12.6. The third kappa shape index (κ3) is 5.82. The van der Waals surface area contributed by atoms with Crippen molar-refractivity contribution >= 4 is 22.9 Å². The number of methoxy groups -OCH3 is 1. The Hall–Kier alpha value is -4.13. The molecule has 190 valence electrons. The smallest absolute Gasteiger partial charge is 0.253 e. The summed E-state index contributed by atoms with van der Waals surface area (Å²) in [5.74, 6) is 1.64. The second kappa shape index (κ2) is 10.9. The van der Waals surface area contributed by atoms with Crippen LogP contribution in [-0.4, -0.2) is 41.9 Å². The Kier molecular flexibility index (Phi) is 7.21. The summed E-state index contributed by atoms with van der Waals surface area (Å²) in [7, 11) is 1.63. The normalized spacial score (nSPS) is 14.1. The van der Waals surface area contributed by atoms with E-state index in [1.54, 1.807) is 13.2 Å². The maximum absolute atomic E-state index is 13.2. The van der Waals surface area contributed by atoms with Crippen LogP contribution >= 0.6 is 0 Å². The van der Waals surface area contributed by atoms with Gasteiger partial charge in [0.2, 0.25) is 11.8 Å². The van der Waals surface area contributed by atoms with Crippen LogP contribution in [0.1, 0.15) is 40.7 Å². The van der Waals surface area contributed by atoms with E-state index in [0.29, 0.717) is 43.1 Å². The average molecular weight is 498 g/mol. The number of fused-ring (bicyclic) bond motifs is 1. The molecule has 0 atom stereocenters. The Labute approximate surface area is 216 Å². The van der Waals surface area contributed by atoms with Crippen LogP contribution in [0.4, 0.5) is 0 Å². The van der Waals surface area contributed by atoms with Crippen LogP contribution in [-0.2, 0) is 11.3 Å². The number of hydrogen-bond acceptors (Lipinski definition) is 5. The first-order valence-corrected chi connectivity index (χ1v) is 12.6. The third-order valence-corrected chi connectivity index (χ3v) is 6.96. The zero-order valence-electron chi connectivity index (χ0n) is 21.2. The molecule has 5 rings (SSSR count). The molecule has 1 fully saturated rings. The van der Waals surface area contributed by atoms with Gasteiger partial charge in [0.05, 0.1) is 7.11 Å². The van der Waals surface area contributed by atoms with Gasteiger partial charge in [-0.1, -0.05) is 29.8 Å². The molecule has 37 heavy (non-hydrogen) atoms. The number of carbonyl (C=O) groups is 2. The minimum Gasteiger partial charge on any atom is -0.497 e. The summed E-state index contributed by atoms with van der Waals surface area (Å²) < 4.78 is 11.1. The third-order valence-electron chi connectivity index (χ3n) is 6.96. The minimum atomic E-state index is -0.0161. The van der Waals surface area contributed by atoms with Crippen molar-refractivity contribution in [3.63, 3.8) is 0 Å². The maximum atomic E-state index is 13.2. The van der Waals surface area contributed by atoms with Gasteiger partial charge in [0, 0.05) is 37.2 Å². The number of aryl methyl sites for hydroxylation is 1. The van der Waals surface area contributed by atoms with Gasteiger partial charge in [0.25, 0.3) is 5.91 Å². The predicted octanol–water partition coefficient (Wildman–Crippen LogP) is 5.37. The molecule has 7 nitrogen and oxygen atoms in total. The zero-order valence-corrected chi connectivity index (χ0v) is 21.2. The van der Waals surface area contributed by atoms with Crippen LogP contribution in [0.3, 0.4) is 0 Å². The molecule has 0 bridgehead atoms. The fourth-order valence-electron chi connectivity index (χ4n) is 4.68. The molecule has 0 spiro atoms. The van der Waals surface area contributed by atoms with E-state index in [4.69, 9.17) is 9.15 Å². The van der Waals surface area contributed by atoms with Crippen LogP contribution in [0.25, 0.3) is 22.6 Å². The number of likely N-dealkylation sites (tertiary alicyclic amines) is 1. The summed E-state index contributed by atoms with van der Waals surface area (Å²) in [6, 6.07) is 21.1. The summed E-state index contributed by atoms with van der Waals surface area (Å²) in [4.78, 5) is 32.1. The van der Waals surface area contributed by atoms with Crippen molar-refractivity contribution in [1.82, 2.24) is 15.2 Å². The molecule has 1 aromatic heterocycles. The van der Waals surface area contributed by atoms with Gasteiger partial charge in [-0.15, -0.1) is 0 Å². The quantitative estimate of drug-likeness (QED) is 0.371. The van der Waals surface area contributed by atoms with E-state index >= 15 is 0 Å². The lowest BCUT2D eigenvalue weighted by Gasteiger charge is -2.31. The Morgan fingerprint density at radius 2 is 1.76 bits per heavy atom. The molecule has 0 aliphatic carbocycles. The first-order chi connectivity index (χ1) is 18.0. The Morgan fingerprint density at radius 1 is 1.03 bits per heavy atom. The number of piperidine rings is 1. The monoisotopic (exact) mass is 497 g/mol. The van der Waals surface area contributed by atoms with Gasteiger partial charge < -0.3 is 19.4 Å². The molecule has 2 heterocycles. The van der Waals surface area contributed by atoms with Gasteiger partial charge >= 0.3 is 0 Å². The van der Waals surface area contributed by atoms with Crippen molar-refractivity contribution in [2.45, 2.75) is 32.7 Å². The molecular formula is C30H31N3O4. The van der Waals surface area contributed by atoms with Gasteiger partial charge in [-0.2, -0.15) is 0 Å². The van der Waals surface area contributed by atoms with Gasteiger partial charge in [0.1, 0.15) is 11.3 Å². The van der Waals surface area contributed by atoms with Crippen LogP contribution in [0.15, 0.2) is 71.1 Å². The van der Waals surface area contributed by atoms with Crippen molar-refractivity contribution in [3.05, 3.63) is 83.4 Å². The van der Waals surface area contributed by atoms with Gasteiger partial charge in [-0.05, 0) is 73.7 Å². The number of aromatic nitrogens is 1. The first kappa shape index (κ1) is 24.6. The van der Waals surface area contributed by atoms with Crippen molar-refractivity contribution in [3.8, 4) is 17.2 Å². The number of carbonyl (C=O) groups excluding carboxylic acids is 2. The summed E-state index contributed by atoms with van der Waals surface area (Å²) in [6.07, 6.45) is 2.09. The highest BCUT2D eigenvalue weighted by Crippen LogP contribution is 2.27. The molecule has 3 aromatic carbocycles. The number of nitrogens with one attached hydrogen (secondary N) is 1. The molecule has 1 aliphatic heterocycles. The highest BCUT2D eigenvalue weighted by atomic mass is 16.5. The topological polar surface area (TPSA) is 84.7 Å². The predicted molar refractivity (Wildman–Crippen MR) is 142 cm³/mol. The van der Waals surface area contributed by atoms with Gasteiger partial charge in [0.15, 0.2) is 5.58 Å². The van der Waals surface area contributed by atoms with Crippen LogP contribution in [0.5, 0.6) is 5.75 Å². The fraction of sp³-hybridized carbons (Fsp3) is 0.300. The highest BCUT2D eigenvalue weighted by molar-refractivity contribution is 5.97. The second-order valence-electron chi connectivity index (χ2n) is 9.63. The SMILES string of the molecule is COc1ccc(CNC(=O)CC2CCN(C(=O)c3ccc4nc(-c5ccc(C)cc5)oc4c3)CC2)cc1. The van der Waals surface area contributed by atoms with Crippen LogP contribution in [0, 0.1) is 12.8 Å². The van der Waals surface area contributed by atoms with Crippen LogP contribution in [0.2, 0.25) is 0 Å². The van der Waals surface area contributed by atoms with Crippen molar-refractivity contribution in [1.29, 1.82) is 0 Å². The molecular weight excluding hydrogens is 466 g/mol. The largest absolute Gasteiger partial charge is 0.497 e. The summed E-state index contributed by atoms with van der Waals surface area (Å²) in [6.45, 7) is 3.81. The highest BCUT2D eigenvalue weighted by Gasteiger charge is 2.25. The summed E-state index contributed by atoms with van der Waals surface area (Å²) in [5.41, 5.74) is 5.03. The minimum absolute atomic E-state index is 0.0161. The van der Waals surface area contributed by atoms with E-state index in [1.165, 1.54) is 5.56 Å². The van der Waals surface area contributed by atoms with E-state index in [0.717, 1.165) is 35.2 Å². The second-order valence-corrected chi connectivity index (χ2v) is 9.63. The lowest BCUT2D eigenvalue weighted by Crippen LogP contribution is -2.39. The van der Waals surface area contributed by atoms with Gasteiger partial charge in [-0.25, -0.2) is 4.98 Å². The molecule has 4 aromatic rings. The van der Waals surface area contributed by atoms with E-state index in [9.17, 15) is 9.59 Å². The zero-order chi connectivity index (χ0) is 25.8. The van der Waals surface area contributed by atoms with E-state index in [-0.39, 0.29) is 17.7 Å². The molecule has 1 aliphatic rings. The van der Waals surface area contributed by atoms with E-state index < -0.39 is 0 Å². The maximum Gasteiger partial charge on any atom is 0.253 e. The average Bonchev–Trinajstić information content (AvgIpc) is 3.36. The lowest BCUT2D eigenvalue weighted by atomic mass is 9.92. The molecule has 0 saturated carbocycles. The molecule has 0 radical (unpaired) electrons. The Morgan fingerprint density at radius 3 is 2.46 bits per heavy atom. The number of rotatable bonds is 7. The lowest BCUT2D eigenvalue weighted by molar-refractivity contribution is -0.122. The number of benzene rings is 3. The molecule has 7 heteroatoms. The van der Waals surface area contributed by atoms with Gasteiger partial charge in [-0.3, -0.25) is 9.59 Å². The number of amides is 2. The Bertz CT molecular complexity index is 1380. The number of oxazole rings is 1. The molecule has 2 amide bonds. The summed E-state index contributed by atoms with van der Waals surface area (Å²) in [5, 5.41) is 3.00. The van der Waals surface area contributed by atoms with E-state index in [1.807, 2.05) is 72.5 Å². The van der Waals surface area contributed by atoms with E-state index in [2.05, 4.69) is 10.3 Å². The number of nitrogens with zero attached hydrogens (tertiary/aromatic N) is 2. The Balaban J connectivity index is 1.13. The number of hydrogen-bond donors (Lipinski definition) is 1. The summed E-state index contributed by atoms with van der Waals surface area (Å²) >= 11 is 0.